The number of likely N-dealkylation sites (tertiary alicyclic amines) is 1. The van der Waals surface area contributed by atoms with Gasteiger partial charge < -0.3 is 19.7 Å². The van der Waals surface area contributed by atoms with Crippen LogP contribution < -0.4 is 14.8 Å². The Morgan fingerprint density at radius 3 is 2.28 bits per heavy atom. The van der Waals surface area contributed by atoms with Crippen molar-refractivity contribution in [2.75, 3.05) is 33.4 Å². The molecule has 0 atom stereocenters. The third-order valence-corrected chi connectivity index (χ3v) is 4.98. The highest BCUT2D eigenvalue weighted by Gasteiger charge is 2.18. The minimum Gasteiger partial charge on any atom is -0.497 e. The molecule has 1 saturated heterocycles. The number of hydrogen-bond donors (Lipinski definition) is 1. The van der Waals surface area contributed by atoms with Crippen LogP contribution in [0.15, 0.2) is 48.5 Å². The minimum absolute atomic E-state index is 0.00406. The van der Waals surface area contributed by atoms with E-state index in [0.717, 1.165) is 31.7 Å². The second-order valence-electron chi connectivity index (χ2n) is 7.07. The highest BCUT2D eigenvalue weighted by molar-refractivity contribution is 5.99. The smallest absolute Gasteiger partial charge is 0.253 e. The molecule has 0 radical (unpaired) electrons. The number of nitrogens with one attached hydrogen (secondary N) is 1. The predicted molar refractivity (Wildman–Crippen MR) is 112 cm³/mol. The van der Waals surface area contributed by atoms with Crippen molar-refractivity contribution in [1.29, 1.82) is 0 Å². The Hall–Kier alpha value is -3.02. The SMILES string of the molecule is COc1ccc(OCCNC(=O)c2cccc(C(=O)N3CCCCCC3)c2)cc1. The van der Waals surface area contributed by atoms with Crippen molar-refractivity contribution in [2.45, 2.75) is 25.7 Å². The number of methoxy groups -OCH3 is 1. The first kappa shape index (κ1) is 20.7. The largest absolute Gasteiger partial charge is 0.497 e. The number of hydrogen-bond acceptors (Lipinski definition) is 4. The fourth-order valence-corrected chi connectivity index (χ4v) is 3.36. The fourth-order valence-electron chi connectivity index (χ4n) is 3.36. The van der Waals surface area contributed by atoms with Gasteiger partial charge in [-0.1, -0.05) is 18.9 Å². The van der Waals surface area contributed by atoms with Crippen molar-refractivity contribution in [3.05, 3.63) is 59.7 Å². The first-order valence-electron chi connectivity index (χ1n) is 10.1. The van der Waals surface area contributed by atoms with Gasteiger partial charge in [0.1, 0.15) is 18.1 Å². The van der Waals surface area contributed by atoms with Gasteiger partial charge >= 0.3 is 0 Å². The molecule has 1 aliphatic rings. The molecule has 0 aliphatic carbocycles. The van der Waals surface area contributed by atoms with E-state index in [2.05, 4.69) is 5.32 Å². The van der Waals surface area contributed by atoms with Gasteiger partial charge in [0.25, 0.3) is 11.8 Å². The van der Waals surface area contributed by atoms with Gasteiger partial charge in [0.15, 0.2) is 0 Å². The maximum Gasteiger partial charge on any atom is 0.253 e. The highest BCUT2D eigenvalue weighted by Crippen LogP contribution is 2.17. The molecule has 2 aromatic carbocycles. The molecular weight excluding hydrogens is 368 g/mol. The van der Waals surface area contributed by atoms with Crippen LogP contribution in [0.4, 0.5) is 0 Å². The van der Waals surface area contributed by atoms with Gasteiger partial charge in [-0.3, -0.25) is 9.59 Å². The number of carbonyl (C=O) groups is 2. The average Bonchev–Trinajstić information content (AvgIpc) is 3.06. The fraction of sp³-hybridized carbons (Fsp3) is 0.391. The van der Waals surface area contributed by atoms with Crippen LogP contribution in [0, 0.1) is 0 Å². The van der Waals surface area contributed by atoms with E-state index in [4.69, 9.17) is 9.47 Å². The summed E-state index contributed by atoms with van der Waals surface area (Å²) in [5.41, 5.74) is 1.05. The van der Waals surface area contributed by atoms with Crippen molar-refractivity contribution in [3.63, 3.8) is 0 Å². The van der Waals surface area contributed by atoms with Gasteiger partial charge in [-0.15, -0.1) is 0 Å². The molecular formula is C23H28N2O4. The second-order valence-corrected chi connectivity index (χ2v) is 7.07. The Bertz CT molecular complexity index is 812. The summed E-state index contributed by atoms with van der Waals surface area (Å²) in [6.45, 7) is 2.30. The highest BCUT2D eigenvalue weighted by atomic mass is 16.5. The summed E-state index contributed by atoms with van der Waals surface area (Å²) >= 11 is 0. The molecule has 0 aromatic heterocycles. The lowest BCUT2D eigenvalue weighted by Gasteiger charge is -2.20. The number of carbonyl (C=O) groups excluding carboxylic acids is 2. The van der Waals surface area contributed by atoms with Gasteiger partial charge in [0, 0.05) is 24.2 Å². The molecule has 1 N–H and O–H groups in total. The number of ether oxygens (including phenoxy) is 2. The molecule has 0 saturated carbocycles. The van der Waals surface area contributed by atoms with E-state index < -0.39 is 0 Å². The van der Waals surface area contributed by atoms with E-state index in [1.807, 2.05) is 29.2 Å². The third-order valence-electron chi connectivity index (χ3n) is 4.98. The Labute approximate surface area is 171 Å². The normalized spacial score (nSPS) is 14.0. The molecule has 29 heavy (non-hydrogen) atoms. The molecule has 6 heteroatoms. The Morgan fingerprint density at radius 1 is 0.931 bits per heavy atom. The Balaban J connectivity index is 1.50. The van der Waals surface area contributed by atoms with E-state index in [9.17, 15) is 9.59 Å². The summed E-state index contributed by atoms with van der Waals surface area (Å²) < 4.78 is 10.7. The summed E-state index contributed by atoms with van der Waals surface area (Å²) in [6, 6.07) is 14.2. The molecule has 2 aromatic rings. The number of rotatable bonds is 7. The van der Waals surface area contributed by atoms with Crippen LogP contribution in [-0.4, -0.2) is 50.1 Å². The van der Waals surface area contributed by atoms with E-state index in [-0.39, 0.29) is 11.8 Å². The molecule has 154 valence electrons. The lowest BCUT2D eigenvalue weighted by atomic mass is 10.1. The summed E-state index contributed by atoms with van der Waals surface area (Å²) in [5, 5.41) is 2.83. The number of amides is 2. The zero-order valence-corrected chi connectivity index (χ0v) is 16.9. The lowest BCUT2D eigenvalue weighted by molar-refractivity contribution is 0.0761. The Kier molecular flexibility index (Phi) is 7.50. The molecule has 0 bridgehead atoms. The van der Waals surface area contributed by atoms with Gasteiger partial charge in [-0.05, 0) is 55.3 Å². The van der Waals surface area contributed by atoms with Crippen LogP contribution in [0.25, 0.3) is 0 Å². The van der Waals surface area contributed by atoms with E-state index in [0.29, 0.717) is 30.0 Å². The van der Waals surface area contributed by atoms with Gasteiger partial charge in [0.2, 0.25) is 0 Å². The van der Waals surface area contributed by atoms with Crippen LogP contribution in [0.1, 0.15) is 46.4 Å². The molecule has 1 heterocycles. The quantitative estimate of drug-likeness (QED) is 0.727. The van der Waals surface area contributed by atoms with E-state index in [1.54, 1.807) is 31.4 Å². The molecule has 6 nitrogen and oxygen atoms in total. The van der Waals surface area contributed by atoms with E-state index in [1.165, 1.54) is 12.8 Å². The monoisotopic (exact) mass is 396 g/mol. The van der Waals surface area contributed by atoms with Crippen LogP contribution in [0.3, 0.4) is 0 Å². The average molecular weight is 396 g/mol. The first-order chi connectivity index (χ1) is 14.2. The topological polar surface area (TPSA) is 67.9 Å². The van der Waals surface area contributed by atoms with Crippen molar-refractivity contribution < 1.29 is 19.1 Å². The van der Waals surface area contributed by atoms with Crippen LogP contribution in [0.2, 0.25) is 0 Å². The van der Waals surface area contributed by atoms with Gasteiger partial charge in [-0.25, -0.2) is 0 Å². The lowest BCUT2D eigenvalue weighted by Crippen LogP contribution is -2.32. The van der Waals surface area contributed by atoms with Gasteiger partial charge in [-0.2, -0.15) is 0 Å². The minimum atomic E-state index is -0.214. The molecule has 1 aliphatic heterocycles. The maximum absolute atomic E-state index is 12.8. The van der Waals surface area contributed by atoms with Crippen LogP contribution in [-0.2, 0) is 0 Å². The number of nitrogens with zero attached hydrogens (tertiary/aromatic N) is 1. The zero-order chi connectivity index (χ0) is 20.5. The molecule has 2 amide bonds. The van der Waals surface area contributed by atoms with Crippen molar-refractivity contribution in [2.24, 2.45) is 0 Å². The Morgan fingerprint density at radius 2 is 1.59 bits per heavy atom. The van der Waals surface area contributed by atoms with E-state index >= 15 is 0 Å². The first-order valence-corrected chi connectivity index (χ1v) is 10.1. The molecule has 0 unspecified atom stereocenters. The van der Waals surface area contributed by atoms with Crippen molar-refractivity contribution >= 4 is 11.8 Å². The molecule has 1 fully saturated rings. The van der Waals surface area contributed by atoms with Crippen LogP contribution in [0.5, 0.6) is 11.5 Å². The summed E-state index contributed by atoms with van der Waals surface area (Å²) in [7, 11) is 1.61. The standard InChI is InChI=1S/C23H28N2O4/c1-28-20-9-11-21(12-10-20)29-16-13-24-22(26)18-7-6-8-19(17-18)23(27)25-14-4-2-3-5-15-25/h6-12,17H,2-5,13-16H2,1H3,(H,24,26). The van der Waals surface area contributed by atoms with Gasteiger partial charge in [0.05, 0.1) is 13.7 Å². The maximum atomic E-state index is 12.8. The zero-order valence-electron chi connectivity index (χ0n) is 16.9. The van der Waals surface area contributed by atoms with Crippen LogP contribution >= 0.6 is 0 Å². The molecule has 3 rings (SSSR count). The summed E-state index contributed by atoms with van der Waals surface area (Å²) in [5.74, 6) is 1.27. The van der Waals surface area contributed by atoms with Crippen molar-refractivity contribution in [3.8, 4) is 11.5 Å². The number of benzene rings is 2. The summed E-state index contributed by atoms with van der Waals surface area (Å²) in [6.07, 6.45) is 4.43. The summed E-state index contributed by atoms with van der Waals surface area (Å²) in [4.78, 5) is 27.1. The van der Waals surface area contributed by atoms with Crippen molar-refractivity contribution in [1.82, 2.24) is 10.2 Å². The predicted octanol–water partition coefficient (Wildman–Crippen LogP) is 3.52. The third kappa shape index (κ3) is 5.98. The second kappa shape index (κ2) is 10.5. The molecule has 0 spiro atoms.